The van der Waals surface area contributed by atoms with E-state index >= 15 is 0 Å². The van der Waals surface area contributed by atoms with E-state index in [-0.39, 0.29) is 24.1 Å². The highest BCUT2D eigenvalue weighted by Crippen LogP contribution is 2.30. The highest BCUT2D eigenvalue weighted by molar-refractivity contribution is 6.06. The SMILES string of the molecule is O=C1CCC(N2Cc3cccc(CNCCC4CCc5ccccc5N4)c3C2=O)C(=O)N1. The minimum Gasteiger partial charge on any atom is -0.382 e. The first-order chi connectivity index (χ1) is 15.6. The van der Waals surface area contributed by atoms with Crippen LogP contribution in [0.5, 0.6) is 0 Å². The highest BCUT2D eigenvalue weighted by atomic mass is 16.2. The van der Waals surface area contributed by atoms with Crippen molar-refractivity contribution in [2.24, 2.45) is 0 Å². The Bertz CT molecular complexity index is 1070. The van der Waals surface area contributed by atoms with Crippen LogP contribution in [0.3, 0.4) is 0 Å². The fourth-order valence-corrected chi connectivity index (χ4v) is 5.05. The molecule has 2 aromatic carbocycles. The molecule has 0 radical (unpaired) electrons. The fourth-order valence-electron chi connectivity index (χ4n) is 5.05. The van der Waals surface area contributed by atoms with Crippen molar-refractivity contribution in [2.45, 2.75) is 57.3 Å². The van der Waals surface area contributed by atoms with Gasteiger partial charge in [0.05, 0.1) is 0 Å². The van der Waals surface area contributed by atoms with Gasteiger partial charge in [-0.25, -0.2) is 0 Å². The van der Waals surface area contributed by atoms with Gasteiger partial charge in [-0.15, -0.1) is 0 Å². The van der Waals surface area contributed by atoms with Gasteiger partial charge >= 0.3 is 0 Å². The summed E-state index contributed by atoms with van der Waals surface area (Å²) in [6.45, 7) is 1.88. The minimum atomic E-state index is -0.575. The standard InChI is InChI=1S/C25H28N4O3/c30-22-11-10-21(24(31)28-22)29-15-18-6-3-5-17(23(18)25(29)32)14-26-13-12-19-9-8-16-4-1-2-7-20(16)27-19/h1-7,19,21,26-27H,8-15H2,(H,28,30,31). The predicted molar refractivity (Wildman–Crippen MR) is 121 cm³/mol. The average Bonchev–Trinajstić information content (AvgIpc) is 3.13. The molecule has 3 aliphatic rings. The first-order valence-electron chi connectivity index (χ1n) is 11.4. The van der Waals surface area contributed by atoms with Gasteiger partial charge in [0, 0.05) is 36.8 Å². The van der Waals surface area contributed by atoms with Crippen LogP contribution in [0.2, 0.25) is 0 Å². The molecule has 5 rings (SSSR count). The smallest absolute Gasteiger partial charge is 0.255 e. The number of hydrogen-bond donors (Lipinski definition) is 3. The largest absolute Gasteiger partial charge is 0.382 e. The maximum Gasteiger partial charge on any atom is 0.255 e. The number of nitrogens with zero attached hydrogens (tertiary/aromatic N) is 1. The van der Waals surface area contributed by atoms with Gasteiger partial charge < -0.3 is 15.5 Å². The van der Waals surface area contributed by atoms with Crippen LogP contribution in [0.4, 0.5) is 5.69 Å². The summed E-state index contributed by atoms with van der Waals surface area (Å²) in [5, 5.41) is 9.49. The second kappa shape index (κ2) is 8.74. The molecule has 0 aliphatic carbocycles. The van der Waals surface area contributed by atoms with Crippen molar-refractivity contribution >= 4 is 23.4 Å². The van der Waals surface area contributed by atoms with Crippen molar-refractivity contribution in [3.05, 3.63) is 64.7 Å². The molecule has 7 nitrogen and oxygen atoms in total. The van der Waals surface area contributed by atoms with Gasteiger partial charge in [-0.3, -0.25) is 19.7 Å². The Balaban J connectivity index is 1.18. The number of benzene rings is 2. The van der Waals surface area contributed by atoms with Crippen LogP contribution >= 0.6 is 0 Å². The molecule has 3 aliphatic heterocycles. The first-order valence-corrected chi connectivity index (χ1v) is 11.4. The summed E-state index contributed by atoms with van der Waals surface area (Å²) in [5.41, 5.74) is 5.24. The first kappa shape index (κ1) is 20.7. The zero-order valence-corrected chi connectivity index (χ0v) is 18.0. The van der Waals surface area contributed by atoms with Crippen LogP contribution in [0.25, 0.3) is 0 Å². The predicted octanol–water partition coefficient (Wildman–Crippen LogP) is 2.35. The van der Waals surface area contributed by atoms with E-state index in [4.69, 9.17) is 0 Å². The molecule has 7 heteroatoms. The van der Waals surface area contributed by atoms with E-state index in [1.807, 2.05) is 18.2 Å². The van der Waals surface area contributed by atoms with Crippen molar-refractivity contribution in [3.63, 3.8) is 0 Å². The zero-order chi connectivity index (χ0) is 22.1. The van der Waals surface area contributed by atoms with E-state index in [1.165, 1.54) is 11.3 Å². The molecule has 0 saturated carbocycles. The number of aryl methyl sites for hydroxylation is 1. The van der Waals surface area contributed by atoms with Crippen molar-refractivity contribution in [3.8, 4) is 0 Å². The quantitative estimate of drug-likeness (QED) is 0.482. The lowest BCUT2D eigenvalue weighted by Crippen LogP contribution is -2.52. The number of hydrogen-bond acceptors (Lipinski definition) is 5. The molecule has 1 saturated heterocycles. The Labute approximate surface area is 187 Å². The molecule has 3 amide bonds. The van der Waals surface area contributed by atoms with E-state index in [0.717, 1.165) is 36.9 Å². The Kier molecular flexibility index (Phi) is 5.66. The molecule has 3 N–H and O–H groups in total. The number of nitrogens with one attached hydrogen (secondary N) is 3. The maximum absolute atomic E-state index is 13.2. The fraction of sp³-hybridized carbons (Fsp3) is 0.400. The topological polar surface area (TPSA) is 90.5 Å². The van der Waals surface area contributed by atoms with Gasteiger partial charge in [-0.05, 0) is 55.0 Å². The summed E-state index contributed by atoms with van der Waals surface area (Å²) in [6.07, 6.45) is 3.89. The number of carbonyl (C=O) groups excluding carboxylic acids is 3. The summed E-state index contributed by atoms with van der Waals surface area (Å²) >= 11 is 0. The molecule has 2 aromatic rings. The second-order valence-corrected chi connectivity index (χ2v) is 8.85. The maximum atomic E-state index is 13.2. The summed E-state index contributed by atoms with van der Waals surface area (Å²) < 4.78 is 0. The summed E-state index contributed by atoms with van der Waals surface area (Å²) in [6, 6.07) is 14.2. The van der Waals surface area contributed by atoms with Gasteiger partial charge in [0.25, 0.3) is 5.91 Å². The summed E-state index contributed by atoms with van der Waals surface area (Å²) in [5.74, 6) is -0.752. The molecule has 166 valence electrons. The third-order valence-electron chi connectivity index (χ3n) is 6.76. The average molecular weight is 433 g/mol. The Hall–Kier alpha value is -3.19. The normalized spacial score (nSPS) is 22.2. The van der Waals surface area contributed by atoms with Gasteiger partial charge in [-0.1, -0.05) is 36.4 Å². The van der Waals surface area contributed by atoms with Gasteiger partial charge in [0.15, 0.2) is 0 Å². The van der Waals surface area contributed by atoms with Crippen LogP contribution in [0.1, 0.15) is 52.7 Å². The zero-order valence-electron chi connectivity index (χ0n) is 18.0. The van der Waals surface area contributed by atoms with Crippen LogP contribution in [-0.4, -0.2) is 41.2 Å². The minimum absolute atomic E-state index is 0.113. The monoisotopic (exact) mass is 432 g/mol. The third kappa shape index (κ3) is 4.00. The van der Waals surface area contributed by atoms with Crippen molar-refractivity contribution in [1.29, 1.82) is 0 Å². The highest BCUT2D eigenvalue weighted by Gasteiger charge is 2.39. The number of piperidine rings is 1. The summed E-state index contributed by atoms with van der Waals surface area (Å²) in [7, 11) is 0. The Morgan fingerprint density at radius 2 is 1.81 bits per heavy atom. The lowest BCUT2D eigenvalue weighted by Gasteiger charge is -2.29. The molecule has 0 aromatic heterocycles. The number of anilines is 1. The number of amides is 3. The summed E-state index contributed by atoms with van der Waals surface area (Å²) in [4.78, 5) is 38.5. The van der Waals surface area contributed by atoms with E-state index in [0.29, 0.717) is 31.1 Å². The van der Waals surface area contributed by atoms with Gasteiger partial charge in [0.1, 0.15) is 6.04 Å². The number of carbonyl (C=O) groups is 3. The van der Waals surface area contributed by atoms with Crippen molar-refractivity contribution in [2.75, 3.05) is 11.9 Å². The van der Waals surface area contributed by atoms with E-state index in [9.17, 15) is 14.4 Å². The van der Waals surface area contributed by atoms with E-state index in [2.05, 4.69) is 40.2 Å². The lowest BCUT2D eigenvalue weighted by atomic mass is 9.96. The van der Waals surface area contributed by atoms with Gasteiger partial charge in [0.2, 0.25) is 11.8 Å². The molecule has 1 fully saturated rings. The van der Waals surface area contributed by atoms with Crippen LogP contribution in [0, 0.1) is 0 Å². The Morgan fingerprint density at radius 3 is 2.69 bits per heavy atom. The number of para-hydroxylation sites is 1. The number of fused-ring (bicyclic) bond motifs is 2. The molecular weight excluding hydrogens is 404 g/mol. The molecule has 32 heavy (non-hydrogen) atoms. The van der Waals surface area contributed by atoms with Crippen LogP contribution in [-0.2, 0) is 29.1 Å². The van der Waals surface area contributed by atoms with Gasteiger partial charge in [-0.2, -0.15) is 0 Å². The molecule has 2 atom stereocenters. The molecule has 0 bridgehead atoms. The van der Waals surface area contributed by atoms with Crippen LogP contribution in [0.15, 0.2) is 42.5 Å². The number of imide groups is 1. The molecule has 2 unspecified atom stereocenters. The molecule has 3 heterocycles. The van der Waals surface area contributed by atoms with Crippen molar-refractivity contribution < 1.29 is 14.4 Å². The third-order valence-corrected chi connectivity index (χ3v) is 6.76. The molecular formula is C25H28N4O3. The van der Waals surface area contributed by atoms with E-state index < -0.39 is 6.04 Å². The van der Waals surface area contributed by atoms with E-state index in [1.54, 1.807) is 4.90 Å². The van der Waals surface area contributed by atoms with Crippen molar-refractivity contribution in [1.82, 2.24) is 15.5 Å². The number of rotatable bonds is 6. The lowest BCUT2D eigenvalue weighted by molar-refractivity contribution is -0.136. The molecule has 0 spiro atoms. The van der Waals surface area contributed by atoms with Crippen LogP contribution < -0.4 is 16.0 Å². The second-order valence-electron chi connectivity index (χ2n) is 8.85. The Morgan fingerprint density at radius 1 is 0.969 bits per heavy atom.